The first-order valence-corrected chi connectivity index (χ1v) is 13.0. The van der Waals surface area contributed by atoms with E-state index in [9.17, 15) is 33.9 Å². The predicted molar refractivity (Wildman–Crippen MR) is 128 cm³/mol. The number of amides is 1. The first kappa shape index (κ1) is 27.2. The number of Topliss-reactive ketones (excluding diaryl/α,β-unsaturated/α-hetero) is 2. The van der Waals surface area contributed by atoms with Gasteiger partial charge in [-0.2, -0.15) is 0 Å². The molecule has 10 heteroatoms. The van der Waals surface area contributed by atoms with Crippen molar-refractivity contribution >= 4 is 35.2 Å². The Morgan fingerprint density at radius 1 is 1.08 bits per heavy atom. The number of nitrogens with one attached hydrogen (secondary N) is 1. The van der Waals surface area contributed by atoms with Gasteiger partial charge >= 0.3 is 11.9 Å². The van der Waals surface area contributed by atoms with E-state index < -0.39 is 47.8 Å². The maximum atomic E-state index is 13.6. The maximum absolute atomic E-state index is 13.6. The van der Waals surface area contributed by atoms with E-state index in [1.54, 1.807) is 13.0 Å². The van der Waals surface area contributed by atoms with Crippen LogP contribution in [0.3, 0.4) is 0 Å². The SMILES string of the molecule is CC12CCC(=O)C=C1CCC1C2C(=O)CC2(C)C1CCC2(O)C(=O)COC(=O)CCC(=O)NCC(=O)O. The van der Waals surface area contributed by atoms with Crippen molar-refractivity contribution in [1.29, 1.82) is 0 Å². The minimum Gasteiger partial charge on any atom is -0.480 e. The third-order valence-corrected chi connectivity index (χ3v) is 9.63. The lowest BCUT2D eigenvalue weighted by Gasteiger charge is -2.57. The van der Waals surface area contributed by atoms with Gasteiger partial charge in [-0.25, -0.2) is 0 Å². The third-order valence-electron chi connectivity index (χ3n) is 9.63. The number of hydrogen-bond acceptors (Lipinski definition) is 8. The number of carbonyl (C=O) groups is 6. The quantitative estimate of drug-likeness (QED) is 0.405. The van der Waals surface area contributed by atoms with Crippen molar-refractivity contribution in [2.24, 2.45) is 28.6 Å². The van der Waals surface area contributed by atoms with Crippen molar-refractivity contribution in [2.45, 2.75) is 77.2 Å². The van der Waals surface area contributed by atoms with Gasteiger partial charge in [0, 0.05) is 30.6 Å². The molecule has 10 nitrogen and oxygen atoms in total. The molecule has 4 aliphatic rings. The Morgan fingerprint density at radius 3 is 2.51 bits per heavy atom. The molecule has 0 saturated heterocycles. The molecule has 6 unspecified atom stereocenters. The summed E-state index contributed by atoms with van der Waals surface area (Å²) in [6, 6.07) is 0. The summed E-state index contributed by atoms with van der Waals surface area (Å²) in [6.07, 6.45) is 4.43. The highest BCUT2D eigenvalue weighted by Crippen LogP contribution is 2.66. The van der Waals surface area contributed by atoms with Gasteiger partial charge in [0.25, 0.3) is 0 Å². The zero-order chi connectivity index (χ0) is 27.2. The van der Waals surface area contributed by atoms with Crippen LogP contribution in [0.25, 0.3) is 0 Å². The fourth-order valence-corrected chi connectivity index (χ4v) is 7.66. The Balaban J connectivity index is 1.42. The number of rotatable bonds is 8. The topological polar surface area (TPSA) is 164 Å². The van der Waals surface area contributed by atoms with Crippen molar-refractivity contribution in [3.05, 3.63) is 11.6 Å². The molecule has 0 bridgehead atoms. The van der Waals surface area contributed by atoms with Crippen molar-refractivity contribution < 1.29 is 43.7 Å². The Labute approximate surface area is 215 Å². The van der Waals surface area contributed by atoms with Crippen LogP contribution in [0.1, 0.15) is 71.6 Å². The number of esters is 1. The molecule has 0 aromatic rings. The molecule has 0 radical (unpaired) electrons. The van der Waals surface area contributed by atoms with Crippen LogP contribution >= 0.6 is 0 Å². The predicted octanol–water partition coefficient (Wildman–Crippen LogP) is 1.52. The summed E-state index contributed by atoms with van der Waals surface area (Å²) in [5, 5.41) is 22.3. The molecule has 4 aliphatic carbocycles. The fourth-order valence-electron chi connectivity index (χ4n) is 7.66. The minimum atomic E-state index is -1.81. The van der Waals surface area contributed by atoms with Gasteiger partial charge in [0.1, 0.15) is 17.9 Å². The third kappa shape index (κ3) is 4.64. The summed E-state index contributed by atoms with van der Waals surface area (Å²) in [7, 11) is 0. The molecule has 0 aromatic heterocycles. The lowest BCUT2D eigenvalue weighted by atomic mass is 9.46. The Bertz CT molecular complexity index is 1080. The van der Waals surface area contributed by atoms with Crippen molar-refractivity contribution in [3.63, 3.8) is 0 Å². The largest absolute Gasteiger partial charge is 0.480 e. The van der Waals surface area contributed by atoms with Crippen molar-refractivity contribution in [3.8, 4) is 0 Å². The summed E-state index contributed by atoms with van der Waals surface area (Å²) in [5.74, 6) is -3.46. The van der Waals surface area contributed by atoms with Gasteiger partial charge in [-0.15, -0.1) is 0 Å². The van der Waals surface area contributed by atoms with Gasteiger partial charge < -0.3 is 20.3 Å². The molecule has 6 atom stereocenters. The first-order chi connectivity index (χ1) is 17.3. The number of hydrogen-bond donors (Lipinski definition) is 3. The average molecular weight is 518 g/mol. The van der Waals surface area contributed by atoms with E-state index in [0.717, 1.165) is 18.4 Å². The van der Waals surface area contributed by atoms with Crippen LogP contribution in [0.15, 0.2) is 11.6 Å². The summed E-state index contributed by atoms with van der Waals surface area (Å²) >= 11 is 0. The van der Waals surface area contributed by atoms with E-state index in [1.165, 1.54) is 0 Å². The smallest absolute Gasteiger partial charge is 0.322 e. The van der Waals surface area contributed by atoms with E-state index in [4.69, 9.17) is 9.84 Å². The van der Waals surface area contributed by atoms with Crippen LogP contribution in [0.5, 0.6) is 0 Å². The Hall–Kier alpha value is -2.88. The molecule has 0 aromatic carbocycles. The second-order valence-electron chi connectivity index (χ2n) is 11.6. The standard InChI is InChI=1S/C27H35NO9/c1-25-9-7-16(29)11-15(25)3-4-17-18-8-10-27(36,26(18,2)12-19(30)24(17)25)20(31)14-37-23(35)6-5-21(32)28-13-22(33)34/h11,17-18,24,36H,3-10,12-14H2,1-2H3,(H,28,32)(H,33,34). The van der Waals surface area contributed by atoms with Gasteiger partial charge in [-0.3, -0.25) is 28.8 Å². The minimum absolute atomic E-state index is 0.00953. The molecule has 3 N–H and O–H groups in total. The molecule has 202 valence electrons. The van der Waals surface area contributed by atoms with Crippen LogP contribution in [0.4, 0.5) is 0 Å². The summed E-state index contributed by atoms with van der Waals surface area (Å²) in [4.78, 5) is 73.0. The molecule has 4 rings (SSSR count). The zero-order valence-electron chi connectivity index (χ0n) is 21.3. The van der Waals surface area contributed by atoms with Crippen LogP contribution in [0.2, 0.25) is 0 Å². The number of fused-ring (bicyclic) bond motifs is 5. The number of carbonyl (C=O) groups excluding carboxylic acids is 5. The average Bonchev–Trinajstić information content (AvgIpc) is 3.11. The van der Waals surface area contributed by atoms with Crippen LogP contribution in [0, 0.1) is 28.6 Å². The summed E-state index contributed by atoms with van der Waals surface area (Å²) in [6.45, 7) is 2.65. The second kappa shape index (κ2) is 9.78. The van der Waals surface area contributed by atoms with E-state index in [-0.39, 0.29) is 60.4 Å². The number of aliphatic carboxylic acids is 1. The van der Waals surface area contributed by atoms with E-state index in [0.29, 0.717) is 19.3 Å². The number of carboxylic acid groups (broad SMARTS) is 1. The Morgan fingerprint density at radius 2 is 1.81 bits per heavy atom. The highest BCUT2D eigenvalue weighted by molar-refractivity contribution is 5.95. The summed E-state index contributed by atoms with van der Waals surface area (Å²) in [5.41, 5.74) is -2.11. The van der Waals surface area contributed by atoms with Gasteiger partial charge in [0.05, 0.1) is 6.42 Å². The first-order valence-electron chi connectivity index (χ1n) is 13.0. The van der Waals surface area contributed by atoms with Gasteiger partial charge in [0.15, 0.2) is 12.4 Å². The number of ether oxygens (including phenoxy) is 1. The maximum Gasteiger partial charge on any atom is 0.322 e. The molecule has 3 fully saturated rings. The normalized spacial score (nSPS) is 36.5. The van der Waals surface area contributed by atoms with Crippen LogP contribution in [-0.2, 0) is 33.5 Å². The zero-order valence-corrected chi connectivity index (χ0v) is 21.3. The Kier molecular flexibility index (Phi) is 7.18. The van der Waals surface area contributed by atoms with E-state index in [1.807, 2.05) is 0 Å². The number of aliphatic hydroxyl groups is 1. The van der Waals surface area contributed by atoms with Crippen molar-refractivity contribution in [1.82, 2.24) is 5.32 Å². The molecule has 3 saturated carbocycles. The molecule has 1 amide bonds. The fraction of sp³-hybridized carbons (Fsp3) is 0.704. The molecule has 0 aliphatic heterocycles. The molecular formula is C27H35NO9. The van der Waals surface area contributed by atoms with Crippen LogP contribution < -0.4 is 5.32 Å². The number of allylic oxidation sites excluding steroid dienone is 1. The lowest BCUT2D eigenvalue weighted by molar-refractivity contribution is -0.173. The van der Waals surface area contributed by atoms with E-state index in [2.05, 4.69) is 12.2 Å². The van der Waals surface area contributed by atoms with Crippen molar-refractivity contribution in [2.75, 3.05) is 13.2 Å². The monoisotopic (exact) mass is 517 g/mol. The molecule has 37 heavy (non-hydrogen) atoms. The van der Waals surface area contributed by atoms with Crippen LogP contribution in [-0.4, -0.2) is 64.2 Å². The highest BCUT2D eigenvalue weighted by Gasteiger charge is 2.68. The number of carboxylic acids is 1. The van der Waals surface area contributed by atoms with E-state index >= 15 is 0 Å². The molecule has 0 spiro atoms. The highest BCUT2D eigenvalue weighted by atomic mass is 16.5. The van der Waals surface area contributed by atoms with Gasteiger partial charge in [0.2, 0.25) is 11.7 Å². The lowest BCUT2D eigenvalue weighted by Crippen LogP contribution is -2.61. The summed E-state index contributed by atoms with van der Waals surface area (Å²) < 4.78 is 5.04. The second-order valence-corrected chi connectivity index (χ2v) is 11.6. The molecule has 0 heterocycles. The van der Waals surface area contributed by atoms with Gasteiger partial charge in [-0.1, -0.05) is 19.4 Å². The van der Waals surface area contributed by atoms with Gasteiger partial charge in [-0.05, 0) is 55.4 Å². The number of ketones is 3. The molecular weight excluding hydrogens is 482 g/mol.